The quantitative estimate of drug-likeness (QED) is 0.862. The van der Waals surface area contributed by atoms with Crippen molar-refractivity contribution in [3.05, 3.63) is 28.8 Å². The number of methoxy groups -OCH3 is 1. The second-order valence-corrected chi connectivity index (χ2v) is 8.03. The molecule has 1 N–H and O–H groups in total. The lowest BCUT2D eigenvalue weighted by molar-refractivity contribution is -0.169. The smallest absolute Gasteiger partial charge is 0.122 e. The number of benzene rings is 1. The highest BCUT2D eigenvalue weighted by Crippen LogP contribution is 2.63. The molecule has 1 saturated heterocycles. The first-order valence-electron chi connectivity index (χ1n) is 8.39. The summed E-state index contributed by atoms with van der Waals surface area (Å²) in [5, 5.41) is 10.5. The molecule has 0 aromatic heterocycles. The first-order chi connectivity index (χ1) is 10.4. The fourth-order valence-corrected chi connectivity index (χ4v) is 5.36. The van der Waals surface area contributed by atoms with Crippen molar-refractivity contribution in [1.29, 1.82) is 0 Å². The summed E-state index contributed by atoms with van der Waals surface area (Å²) in [5.41, 5.74) is 3.94. The van der Waals surface area contributed by atoms with Gasteiger partial charge in [0, 0.05) is 5.41 Å². The van der Waals surface area contributed by atoms with E-state index < -0.39 is 0 Å². The maximum absolute atomic E-state index is 10.5. The molecular formula is C19H26O3. The van der Waals surface area contributed by atoms with Crippen LogP contribution in [0.25, 0.3) is 0 Å². The summed E-state index contributed by atoms with van der Waals surface area (Å²) < 4.78 is 11.8. The van der Waals surface area contributed by atoms with E-state index in [1.807, 2.05) is 0 Å². The van der Waals surface area contributed by atoms with Crippen LogP contribution in [-0.4, -0.2) is 24.9 Å². The number of aliphatic hydroxyl groups excluding tert-OH is 1. The maximum Gasteiger partial charge on any atom is 0.122 e. The van der Waals surface area contributed by atoms with Crippen molar-refractivity contribution >= 4 is 0 Å². The topological polar surface area (TPSA) is 38.7 Å². The van der Waals surface area contributed by atoms with Crippen LogP contribution in [0.15, 0.2) is 12.1 Å². The predicted octanol–water partition coefficient (Wildman–Crippen LogP) is 3.51. The molecule has 3 heteroatoms. The Hall–Kier alpha value is -1.06. The predicted molar refractivity (Wildman–Crippen MR) is 85.2 cm³/mol. The molecule has 4 atom stereocenters. The molecule has 1 aromatic carbocycles. The minimum absolute atomic E-state index is 0.0494. The molecule has 120 valence electrons. The van der Waals surface area contributed by atoms with Crippen LogP contribution in [-0.2, 0) is 10.2 Å². The molecule has 0 amide bonds. The zero-order valence-electron chi connectivity index (χ0n) is 14.0. The van der Waals surface area contributed by atoms with Gasteiger partial charge in [-0.1, -0.05) is 13.8 Å². The van der Waals surface area contributed by atoms with Crippen LogP contribution in [0, 0.1) is 18.3 Å². The van der Waals surface area contributed by atoms with E-state index in [4.69, 9.17) is 9.47 Å². The first kappa shape index (κ1) is 14.5. The lowest BCUT2D eigenvalue weighted by Crippen LogP contribution is -2.60. The normalized spacial score (nSPS) is 38.3. The lowest BCUT2D eigenvalue weighted by atomic mass is 9.47. The highest BCUT2D eigenvalue weighted by Gasteiger charge is 2.60. The number of ether oxygens (including phenoxy) is 2. The van der Waals surface area contributed by atoms with Crippen LogP contribution in [0.3, 0.4) is 0 Å². The summed E-state index contributed by atoms with van der Waals surface area (Å²) in [6.07, 6.45) is 2.86. The third-order valence-corrected chi connectivity index (χ3v) is 6.73. The summed E-state index contributed by atoms with van der Waals surface area (Å²) in [5.74, 6) is 1.45. The van der Waals surface area contributed by atoms with Gasteiger partial charge in [-0.2, -0.15) is 0 Å². The number of aryl methyl sites for hydroxylation is 1. The van der Waals surface area contributed by atoms with Crippen molar-refractivity contribution in [1.82, 2.24) is 0 Å². The Morgan fingerprint density at radius 3 is 2.82 bits per heavy atom. The van der Waals surface area contributed by atoms with Crippen LogP contribution < -0.4 is 4.74 Å². The molecule has 22 heavy (non-hydrogen) atoms. The van der Waals surface area contributed by atoms with Gasteiger partial charge in [0.1, 0.15) is 5.75 Å². The molecule has 2 bridgehead atoms. The molecule has 1 saturated carbocycles. The zero-order chi connectivity index (χ0) is 15.7. The Morgan fingerprint density at radius 1 is 1.32 bits per heavy atom. The number of aliphatic hydroxyl groups is 1. The van der Waals surface area contributed by atoms with Gasteiger partial charge in [0.05, 0.1) is 25.9 Å². The van der Waals surface area contributed by atoms with Gasteiger partial charge in [0.15, 0.2) is 0 Å². The molecular weight excluding hydrogens is 276 g/mol. The van der Waals surface area contributed by atoms with Crippen molar-refractivity contribution in [2.75, 3.05) is 13.7 Å². The van der Waals surface area contributed by atoms with E-state index in [1.165, 1.54) is 16.7 Å². The van der Waals surface area contributed by atoms with E-state index in [0.29, 0.717) is 5.92 Å². The summed E-state index contributed by atoms with van der Waals surface area (Å²) >= 11 is 0. The van der Waals surface area contributed by atoms with Gasteiger partial charge in [-0.05, 0) is 66.3 Å². The molecule has 1 aromatic rings. The van der Waals surface area contributed by atoms with E-state index in [9.17, 15) is 5.11 Å². The summed E-state index contributed by atoms with van der Waals surface area (Å²) in [7, 11) is 1.75. The first-order valence-corrected chi connectivity index (χ1v) is 8.39. The standard InChI is InChI=1S/C19H26O3/c1-11-7-12-13(8-14(11)21-4)19-6-5-17(20)18(2,3)16(19)9-15(12)22-10-19/h7-8,15-17,20H,5-6,9-10H2,1-4H3/t15-,16-,17-,19-/m1/s1. The number of hydrogen-bond acceptors (Lipinski definition) is 3. The van der Waals surface area contributed by atoms with Gasteiger partial charge in [-0.3, -0.25) is 0 Å². The molecule has 4 aliphatic rings. The minimum Gasteiger partial charge on any atom is -0.496 e. The Bertz CT molecular complexity index is 621. The van der Waals surface area contributed by atoms with Crippen LogP contribution in [0.4, 0.5) is 0 Å². The van der Waals surface area contributed by atoms with E-state index in [0.717, 1.165) is 31.6 Å². The zero-order valence-corrected chi connectivity index (χ0v) is 14.0. The maximum atomic E-state index is 10.5. The van der Waals surface area contributed by atoms with Gasteiger partial charge in [0.25, 0.3) is 0 Å². The Labute approximate surface area is 132 Å². The van der Waals surface area contributed by atoms with Crippen molar-refractivity contribution in [3.8, 4) is 5.75 Å². The van der Waals surface area contributed by atoms with Crippen LogP contribution in [0.5, 0.6) is 5.75 Å². The SMILES string of the molecule is COc1cc2c(cc1C)[C@H]1C[C@@H]3C(C)(C)[C@H](O)CC[C@@]23CO1. The lowest BCUT2D eigenvalue weighted by Gasteiger charge is -2.61. The van der Waals surface area contributed by atoms with E-state index in [1.54, 1.807) is 7.11 Å². The van der Waals surface area contributed by atoms with Crippen molar-refractivity contribution in [2.45, 2.75) is 57.7 Å². The van der Waals surface area contributed by atoms with Gasteiger partial charge < -0.3 is 14.6 Å². The van der Waals surface area contributed by atoms with Crippen molar-refractivity contribution < 1.29 is 14.6 Å². The molecule has 2 aliphatic carbocycles. The highest BCUT2D eigenvalue weighted by atomic mass is 16.5. The Balaban J connectivity index is 1.91. The van der Waals surface area contributed by atoms with E-state index in [2.05, 4.69) is 32.9 Å². The Kier molecular flexibility index (Phi) is 2.96. The molecule has 2 fully saturated rings. The summed E-state index contributed by atoms with van der Waals surface area (Å²) in [6.45, 7) is 7.35. The molecule has 2 heterocycles. The van der Waals surface area contributed by atoms with Gasteiger partial charge in [0.2, 0.25) is 0 Å². The average Bonchev–Trinajstić information content (AvgIpc) is 2.51. The number of rotatable bonds is 1. The largest absolute Gasteiger partial charge is 0.496 e. The fourth-order valence-electron chi connectivity index (χ4n) is 5.36. The van der Waals surface area contributed by atoms with E-state index >= 15 is 0 Å². The number of hydrogen-bond donors (Lipinski definition) is 1. The van der Waals surface area contributed by atoms with Crippen LogP contribution in [0.2, 0.25) is 0 Å². The van der Waals surface area contributed by atoms with Crippen LogP contribution in [0.1, 0.15) is 55.9 Å². The van der Waals surface area contributed by atoms with Gasteiger partial charge in [-0.25, -0.2) is 0 Å². The molecule has 0 radical (unpaired) electrons. The summed E-state index contributed by atoms with van der Waals surface area (Å²) in [6, 6.07) is 4.51. The number of fused-ring (bicyclic) bond motifs is 1. The third kappa shape index (κ3) is 1.64. The van der Waals surface area contributed by atoms with Crippen LogP contribution >= 0.6 is 0 Å². The molecule has 3 nitrogen and oxygen atoms in total. The van der Waals surface area contributed by atoms with Gasteiger partial charge >= 0.3 is 0 Å². The van der Waals surface area contributed by atoms with Gasteiger partial charge in [-0.15, -0.1) is 0 Å². The van der Waals surface area contributed by atoms with E-state index in [-0.39, 0.29) is 23.0 Å². The highest BCUT2D eigenvalue weighted by molar-refractivity contribution is 5.50. The molecule has 1 spiro atoms. The Morgan fingerprint density at radius 2 is 2.09 bits per heavy atom. The van der Waals surface area contributed by atoms with Crippen molar-refractivity contribution in [2.24, 2.45) is 11.3 Å². The molecule has 5 rings (SSSR count). The monoisotopic (exact) mass is 302 g/mol. The van der Waals surface area contributed by atoms with Crippen molar-refractivity contribution in [3.63, 3.8) is 0 Å². The second-order valence-electron chi connectivity index (χ2n) is 8.03. The second kappa shape index (κ2) is 4.48. The average molecular weight is 302 g/mol. The fraction of sp³-hybridized carbons (Fsp3) is 0.684. The third-order valence-electron chi connectivity index (χ3n) is 6.73. The molecule has 0 unspecified atom stereocenters. The minimum atomic E-state index is -0.210. The summed E-state index contributed by atoms with van der Waals surface area (Å²) in [4.78, 5) is 0. The molecule has 2 aliphatic heterocycles.